The lowest BCUT2D eigenvalue weighted by Crippen LogP contribution is -2.38. The molecule has 0 bridgehead atoms. The molecule has 1 aromatic heterocycles. The quantitative estimate of drug-likeness (QED) is 0.911. The molecule has 1 aromatic carbocycles. The van der Waals surface area contributed by atoms with Crippen LogP contribution >= 0.6 is 11.3 Å². The van der Waals surface area contributed by atoms with Crippen LogP contribution in [0.2, 0.25) is 0 Å². The molecule has 0 aliphatic heterocycles. The fourth-order valence-electron chi connectivity index (χ4n) is 1.27. The number of anilines is 1. The molecule has 2 rings (SSSR count). The molecule has 0 aliphatic rings. The van der Waals surface area contributed by atoms with Crippen molar-refractivity contribution >= 4 is 32.6 Å². The lowest BCUT2D eigenvalue weighted by Gasteiger charge is -2.20. The van der Waals surface area contributed by atoms with E-state index >= 15 is 0 Å². The summed E-state index contributed by atoms with van der Waals surface area (Å²) in [6.45, 7) is 3.44. The van der Waals surface area contributed by atoms with Crippen LogP contribution in [0.4, 0.5) is 5.13 Å². The van der Waals surface area contributed by atoms with Crippen LogP contribution in [0.25, 0.3) is 10.2 Å². The summed E-state index contributed by atoms with van der Waals surface area (Å²) in [7, 11) is 1.51. The van der Waals surface area contributed by atoms with Crippen molar-refractivity contribution < 1.29 is 9.53 Å². The van der Waals surface area contributed by atoms with Crippen LogP contribution in [-0.4, -0.2) is 23.6 Å². The fraction of sp³-hybridized carbons (Fsp3) is 0.333. The summed E-state index contributed by atoms with van der Waals surface area (Å²) in [5.74, 6) is -0.195. The van der Waals surface area contributed by atoms with Gasteiger partial charge < -0.3 is 4.74 Å². The van der Waals surface area contributed by atoms with Crippen LogP contribution in [0.5, 0.6) is 0 Å². The second-order valence-corrected chi connectivity index (χ2v) is 5.19. The van der Waals surface area contributed by atoms with Crippen molar-refractivity contribution in [3.63, 3.8) is 0 Å². The van der Waals surface area contributed by atoms with Gasteiger partial charge in [0.1, 0.15) is 5.60 Å². The minimum absolute atomic E-state index is 0.195. The SMILES string of the molecule is COC(C)(C)C(=O)Nc1nc2ccccc2s1. The van der Waals surface area contributed by atoms with Gasteiger partial charge in [0, 0.05) is 7.11 Å². The van der Waals surface area contributed by atoms with Gasteiger partial charge >= 0.3 is 0 Å². The first kappa shape index (κ1) is 12.0. The van der Waals surface area contributed by atoms with E-state index < -0.39 is 5.60 Å². The summed E-state index contributed by atoms with van der Waals surface area (Å²) in [5.41, 5.74) is 0.0423. The molecule has 2 aromatic rings. The Morgan fingerprint density at radius 3 is 2.76 bits per heavy atom. The number of carbonyl (C=O) groups excluding carboxylic acids is 1. The van der Waals surface area contributed by atoms with Gasteiger partial charge in [0.25, 0.3) is 5.91 Å². The number of benzene rings is 1. The molecule has 4 nitrogen and oxygen atoms in total. The van der Waals surface area contributed by atoms with Gasteiger partial charge in [-0.2, -0.15) is 0 Å². The molecule has 1 amide bonds. The van der Waals surface area contributed by atoms with Crippen LogP contribution in [0.1, 0.15) is 13.8 Å². The van der Waals surface area contributed by atoms with Crippen LogP contribution < -0.4 is 5.32 Å². The van der Waals surface area contributed by atoms with Gasteiger partial charge in [0.2, 0.25) is 0 Å². The van der Waals surface area contributed by atoms with Crippen LogP contribution in [-0.2, 0) is 9.53 Å². The van der Waals surface area contributed by atoms with E-state index in [0.717, 1.165) is 10.2 Å². The average Bonchev–Trinajstić information content (AvgIpc) is 2.70. The molecule has 0 unspecified atom stereocenters. The Morgan fingerprint density at radius 2 is 2.12 bits per heavy atom. The molecule has 0 saturated carbocycles. The monoisotopic (exact) mass is 250 g/mol. The molecule has 0 radical (unpaired) electrons. The zero-order valence-electron chi connectivity index (χ0n) is 9.98. The maximum Gasteiger partial charge on any atom is 0.257 e. The largest absolute Gasteiger partial charge is 0.369 e. The second-order valence-electron chi connectivity index (χ2n) is 4.16. The number of carbonyl (C=O) groups is 1. The third-order valence-electron chi connectivity index (χ3n) is 2.57. The van der Waals surface area contributed by atoms with E-state index in [2.05, 4.69) is 10.3 Å². The van der Waals surface area contributed by atoms with E-state index in [4.69, 9.17) is 4.74 Å². The maximum absolute atomic E-state index is 11.9. The number of thiazole rings is 1. The number of aromatic nitrogens is 1. The average molecular weight is 250 g/mol. The van der Waals surface area contributed by atoms with Gasteiger partial charge in [-0.15, -0.1) is 0 Å². The van der Waals surface area contributed by atoms with Crippen molar-refractivity contribution in [2.75, 3.05) is 12.4 Å². The molecule has 90 valence electrons. The third kappa shape index (κ3) is 2.45. The van der Waals surface area contributed by atoms with E-state index in [1.165, 1.54) is 18.4 Å². The first-order valence-electron chi connectivity index (χ1n) is 5.25. The van der Waals surface area contributed by atoms with E-state index in [0.29, 0.717) is 5.13 Å². The highest BCUT2D eigenvalue weighted by atomic mass is 32.1. The molecule has 0 spiro atoms. The Hall–Kier alpha value is -1.46. The summed E-state index contributed by atoms with van der Waals surface area (Å²) in [6, 6.07) is 7.77. The van der Waals surface area contributed by atoms with E-state index in [-0.39, 0.29) is 5.91 Å². The summed E-state index contributed by atoms with van der Waals surface area (Å²) in [4.78, 5) is 16.2. The first-order chi connectivity index (χ1) is 8.03. The molecule has 5 heteroatoms. The number of amides is 1. The molecule has 0 saturated heterocycles. The van der Waals surface area contributed by atoms with Gasteiger partial charge in [-0.05, 0) is 26.0 Å². The summed E-state index contributed by atoms with van der Waals surface area (Å²) < 4.78 is 6.16. The lowest BCUT2D eigenvalue weighted by molar-refractivity contribution is -0.133. The number of ether oxygens (including phenoxy) is 1. The van der Waals surface area contributed by atoms with Crippen molar-refractivity contribution in [3.05, 3.63) is 24.3 Å². The van der Waals surface area contributed by atoms with Crippen molar-refractivity contribution in [3.8, 4) is 0 Å². The van der Waals surface area contributed by atoms with E-state index in [9.17, 15) is 4.79 Å². The van der Waals surface area contributed by atoms with Gasteiger partial charge in [-0.25, -0.2) is 4.98 Å². The Labute approximate surface area is 104 Å². The van der Waals surface area contributed by atoms with Gasteiger partial charge in [0.05, 0.1) is 10.2 Å². The number of nitrogens with one attached hydrogen (secondary N) is 1. The molecule has 17 heavy (non-hydrogen) atoms. The zero-order chi connectivity index (χ0) is 12.5. The van der Waals surface area contributed by atoms with Crippen molar-refractivity contribution in [1.29, 1.82) is 0 Å². The molecule has 0 atom stereocenters. The number of methoxy groups -OCH3 is 1. The minimum Gasteiger partial charge on any atom is -0.369 e. The van der Waals surface area contributed by atoms with Crippen molar-refractivity contribution in [2.45, 2.75) is 19.4 Å². The molecule has 1 N–H and O–H groups in total. The van der Waals surface area contributed by atoms with Gasteiger partial charge in [-0.1, -0.05) is 23.5 Å². The highest BCUT2D eigenvalue weighted by Gasteiger charge is 2.27. The fourth-order valence-corrected chi connectivity index (χ4v) is 2.13. The molecular weight excluding hydrogens is 236 g/mol. The minimum atomic E-state index is -0.849. The standard InChI is InChI=1S/C12H14N2O2S/c1-12(2,16-3)10(15)14-11-13-8-6-4-5-7-9(8)17-11/h4-7H,1-3H3,(H,13,14,15). The Balaban J connectivity index is 2.22. The van der Waals surface area contributed by atoms with Crippen LogP contribution in [0, 0.1) is 0 Å². The number of rotatable bonds is 3. The molecule has 0 aliphatic carbocycles. The number of hydrogen-bond donors (Lipinski definition) is 1. The third-order valence-corrected chi connectivity index (χ3v) is 3.52. The number of nitrogens with zero attached hydrogens (tertiary/aromatic N) is 1. The van der Waals surface area contributed by atoms with Gasteiger partial charge in [0.15, 0.2) is 5.13 Å². The maximum atomic E-state index is 11.9. The van der Waals surface area contributed by atoms with Crippen molar-refractivity contribution in [1.82, 2.24) is 4.98 Å². The predicted molar refractivity (Wildman–Crippen MR) is 69.3 cm³/mol. The molecule has 1 heterocycles. The summed E-state index contributed by atoms with van der Waals surface area (Å²) in [5, 5.41) is 3.36. The topological polar surface area (TPSA) is 51.2 Å². The number of hydrogen-bond acceptors (Lipinski definition) is 4. The lowest BCUT2D eigenvalue weighted by atomic mass is 10.1. The highest BCUT2D eigenvalue weighted by Crippen LogP contribution is 2.26. The number of para-hydroxylation sites is 1. The van der Waals surface area contributed by atoms with Crippen LogP contribution in [0.15, 0.2) is 24.3 Å². The number of fused-ring (bicyclic) bond motifs is 1. The molecule has 0 fully saturated rings. The van der Waals surface area contributed by atoms with Gasteiger partial charge in [-0.3, -0.25) is 10.1 Å². The molecular formula is C12H14N2O2S. The smallest absolute Gasteiger partial charge is 0.257 e. The Kier molecular flexibility index (Phi) is 3.13. The predicted octanol–water partition coefficient (Wildman–Crippen LogP) is 2.66. The summed E-state index contributed by atoms with van der Waals surface area (Å²) >= 11 is 1.45. The van der Waals surface area contributed by atoms with E-state index in [1.807, 2.05) is 24.3 Å². The highest BCUT2D eigenvalue weighted by molar-refractivity contribution is 7.22. The second kappa shape index (κ2) is 4.43. The zero-order valence-corrected chi connectivity index (χ0v) is 10.8. The Bertz CT molecular complexity index is 515. The van der Waals surface area contributed by atoms with Crippen molar-refractivity contribution in [2.24, 2.45) is 0 Å². The van der Waals surface area contributed by atoms with E-state index in [1.54, 1.807) is 13.8 Å². The van der Waals surface area contributed by atoms with Crippen LogP contribution in [0.3, 0.4) is 0 Å². The Morgan fingerprint density at radius 1 is 1.41 bits per heavy atom. The first-order valence-corrected chi connectivity index (χ1v) is 6.07. The normalized spacial score (nSPS) is 11.7. The summed E-state index contributed by atoms with van der Waals surface area (Å²) in [6.07, 6.45) is 0.